The van der Waals surface area contributed by atoms with Gasteiger partial charge in [0.15, 0.2) is 0 Å². The summed E-state index contributed by atoms with van der Waals surface area (Å²) in [6.45, 7) is 6.47. The molecule has 0 fully saturated rings. The lowest BCUT2D eigenvalue weighted by molar-refractivity contribution is -0.142. The molecule has 0 amide bonds. The van der Waals surface area contributed by atoms with Crippen molar-refractivity contribution in [2.75, 3.05) is 18.6 Å². The van der Waals surface area contributed by atoms with E-state index in [4.69, 9.17) is 9.47 Å². The molecule has 0 radical (unpaired) electrons. The molecule has 2 rings (SSSR count). The average molecular weight is 419 g/mol. The summed E-state index contributed by atoms with van der Waals surface area (Å²) >= 11 is 1.32. The van der Waals surface area contributed by atoms with Crippen LogP contribution >= 0.6 is 11.3 Å². The SMILES string of the molecule is CCCCOc1c(C=NNc2nc(CC(=O)OCC)cs2)cc(C)cc1B(O)O. The van der Waals surface area contributed by atoms with Crippen LogP contribution in [0, 0.1) is 6.92 Å². The third-order valence-electron chi connectivity index (χ3n) is 3.86. The Labute approximate surface area is 174 Å². The highest BCUT2D eigenvalue weighted by Crippen LogP contribution is 2.19. The zero-order chi connectivity index (χ0) is 21.2. The average Bonchev–Trinajstić information content (AvgIpc) is 3.10. The molecule has 29 heavy (non-hydrogen) atoms. The van der Waals surface area contributed by atoms with Crippen LogP contribution in [0.3, 0.4) is 0 Å². The predicted octanol–water partition coefficient (Wildman–Crippen LogP) is 1.86. The minimum atomic E-state index is -1.64. The standard InChI is InChI=1S/C19H26BN3O5S/c1-4-6-7-28-18-14(8-13(3)9-16(18)20(25)26)11-21-23-19-22-15(12-29-19)10-17(24)27-5-2/h8-9,11-12,25-26H,4-7,10H2,1-3H3,(H,22,23). The smallest absolute Gasteiger partial charge is 0.492 e. The molecule has 0 aliphatic carbocycles. The maximum atomic E-state index is 11.5. The number of rotatable bonds is 11. The van der Waals surface area contributed by atoms with E-state index < -0.39 is 7.12 Å². The zero-order valence-corrected chi connectivity index (χ0v) is 17.7. The molecule has 1 aromatic carbocycles. The van der Waals surface area contributed by atoms with Crippen LogP contribution in [0.15, 0.2) is 22.6 Å². The molecule has 8 nitrogen and oxygen atoms in total. The van der Waals surface area contributed by atoms with Crippen molar-refractivity contribution in [3.8, 4) is 5.75 Å². The summed E-state index contributed by atoms with van der Waals surface area (Å²) in [5, 5.41) is 25.9. The molecule has 0 bridgehead atoms. The Bertz CT molecular complexity index is 841. The number of carbonyl (C=O) groups excluding carboxylic acids is 1. The van der Waals surface area contributed by atoms with Gasteiger partial charge in [0.05, 0.1) is 31.5 Å². The number of hydrogen-bond donors (Lipinski definition) is 3. The number of esters is 1. The third kappa shape index (κ3) is 7.15. The molecule has 3 N–H and O–H groups in total. The van der Waals surface area contributed by atoms with E-state index in [0.29, 0.717) is 40.8 Å². The summed E-state index contributed by atoms with van der Waals surface area (Å²) in [6, 6.07) is 3.53. The van der Waals surface area contributed by atoms with E-state index in [1.54, 1.807) is 24.6 Å². The fourth-order valence-electron chi connectivity index (χ4n) is 2.56. The highest BCUT2D eigenvalue weighted by molar-refractivity contribution is 7.13. The Balaban J connectivity index is 2.13. The van der Waals surface area contributed by atoms with E-state index in [0.717, 1.165) is 18.4 Å². The van der Waals surface area contributed by atoms with Crippen molar-refractivity contribution in [3.05, 3.63) is 34.3 Å². The van der Waals surface area contributed by atoms with Gasteiger partial charge in [-0.2, -0.15) is 5.10 Å². The van der Waals surface area contributed by atoms with Gasteiger partial charge < -0.3 is 19.5 Å². The molecular formula is C19H26BN3O5S. The summed E-state index contributed by atoms with van der Waals surface area (Å²) in [6.07, 6.45) is 3.48. The van der Waals surface area contributed by atoms with Crippen molar-refractivity contribution in [2.45, 2.75) is 40.0 Å². The van der Waals surface area contributed by atoms with Gasteiger partial charge in [-0.1, -0.05) is 25.0 Å². The number of nitrogens with zero attached hydrogens (tertiary/aromatic N) is 2. The number of ether oxygens (including phenoxy) is 2. The molecule has 0 saturated heterocycles. The highest BCUT2D eigenvalue weighted by Gasteiger charge is 2.20. The molecule has 2 aromatic rings. The maximum absolute atomic E-state index is 11.5. The van der Waals surface area contributed by atoms with Gasteiger partial charge >= 0.3 is 13.1 Å². The summed E-state index contributed by atoms with van der Waals surface area (Å²) in [5.41, 5.74) is 5.21. The predicted molar refractivity (Wildman–Crippen MR) is 115 cm³/mol. The molecule has 1 heterocycles. The molecule has 0 aliphatic rings. The van der Waals surface area contributed by atoms with Gasteiger partial charge in [-0.3, -0.25) is 10.2 Å². The minimum absolute atomic E-state index is 0.112. The second-order valence-corrected chi connectivity index (χ2v) is 7.20. The quantitative estimate of drug-likeness (QED) is 0.168. The Morgan fingerprint density at radius 3 is 2.86 bits per heavy atom. The van der Waals surface area contributed by atoms with Crippen LogP contribution in [-0.2, 0) is 16.0 Å². The van der Waals surface area contributed by atoms with Crippen LogP contribution in [-0.4, -0.2) is 47.5 Å². The van der Waals surface area contributed by atoms with Crippen LogP contribution in [0.25, 0.3) is 0 Å². The largest absolute Gasteiger partial charge is 0.493 e. The first-order valence-corrected chi connectivity index (χ1v) is 10.3. The van der Waals surface area contributed by atoms with Crippen LogP contribution in [0.2, 0.25) is 0 Å². The number of benzene rings is 1. The van der Waals surface area contributed by atoms with Gasteiger partial charge in [-0.25, -0.2) is 4.98 Å². The normalized spacial score (nSPS) is 10.9. The molecule has 0 saturated carbocycles. The van der Waals surface area contributed by atoms with Gasteiger partial charge in [0, 0.05) is 16.4 Å². The molecule has 10 heteroatoms. The zero-order valence-electron chi connectivity index (χ0n) is 16.8. The van der Waals surface area contributed by atoms with E-state index in [1.807, 2.05) is 13.0 Å². The molecular weight excluding hydrogens is 393 g/mol. The molecule has 1 aromatic heterocycles. The monoisotopic (exact) mass is 419 g/mol. The van der Waals surface area contributed by atoms with Gasteiger partial charge in [0.2, 0.25) is 5.13 Å². The Morgan fingerprint density at radius 2 is 2.17 bits per heavy atom. The minimum Gasteiger partial charge on any atom is -0.493 e. The number of thiazole rings is 1. The van der Waals surface area contributed by atoms with Crippen LogP contribution in [0.4, 0.5) is 5.13 Å². The topological polar surface area (TPSA) is 113 Å². The van der Waals surface area contributed by atoms with Crippen LogP contribution in [0.5, 0.6) is 5.75 Å². The first-order chi connectivity index (χ1) is 13.9. The van der Waals surface area contributed by atoms with Crippen molar-refractivity contribution < 1.29 is 24.3 Å². The van der Waals surface area contributed by atoms with Gasteiger partial charge in [0.1, 0.15) is 5.75 Å². The van der Waals surface area contributed by atoms with E-state index in [-0.39, 0.29) is 12.4 Å². The Hall–Kier alpha value is -2.43. The number of nitrogens with one attached hydrogen (secondary N) is 1. The number of hydrogen-bond acceptors (Lipinski definition) is 9. The summed E-state index contributed by atoms with van der Waals surface area (Å²) in [4.78, 5) is 15.8. The fraction of sp³-hybridized carbons (Fsp3) is 0.421. The lowest BCUT2D eigenvalue weighted by Gasteiger charge is -2.15. The Morgan fingerprint density at radius 1 is 1.38 bits per heavy atom. The molecule has 0 unspecified atom stereocenters. The number of aromatic nitrogens is 1. The van der Waals surface area contributed by atoms with Crippen molar-refractivity contribution >= 4 is 41.2 Å². The van der Waals surface area contributed by atoms with Crippen LogP contribution in [0.1, 0.15) is 43.5 Å². The number of unbranched alkanes of at least 4 members (excludes halogenated alkanes) is 1. The first-order valence-electron chi connectivity index (χ1n) is 9.47. The number of carbonyl (C=O) groups is 1. The van der Waals surface area contributed by atoms with E-state index in [1.165, 1.54) is 11.3 Å². The van der Waals surface area contributed by atoms with Gasteiger partial charge in [0.25, 0.3) is 0 Å². The summed E-state index contributed by atoms with van der Waals surface area (Å²) < 4.78 is 10.7. The fourth-order valence-corrected chi connectivity index (χ4v) is 3.22. The molecule has 0 spiro atoms. The number of hydrazone groups is 1. The number of aryl methyl sites for hydroxylation is 1. The van der Waals surface area contributed by atoms with Crippen molar-refractivity contribution in [2.24, 2.45) is 5.10 Å². The maximum Gasteiger partial charge on any atom is 0.492 e. The second-order valence-electron chi connectivity index (χ2n) is 6.34. The highest BCUT2D eigenvalue weighted by atomic mass is 32.1. The molecule has 0 aliphatic heterocycles. The lowest BCUT2D eigenvalue weighted by Crippen LogP contribution is -2.32. The first kappa shape index (κ1) is 22.9. The van der Waals surface area contributed by atoms with E-state index >= 15 is 0 Å². The van der Waals surface area contributed by atoms with Gasteiger partial charge in [-0.05, 0) is 26.3 Å². The van der Waals surface area contributed by atoms with E-state index in [2.05, 4.69) is 22.4 Å². The van der Waals surface area contributed by atoms with Crippen molar-refractivity contribution in [3.63, 3.8) is 0 Å². The van der Waals surface area contributed by atoms with Crippen molar-refractivity contribution in [1.29, 1.82) is 0 Å². The second kappa shape index (κ2) is 11.5. The van der Waals surface area contributed by atoms with Gasteiger partial charge in [-0.15, -0.1) is 11.3 Å². The lowest BCUT2D eigenvalue weighted by atomic mass is 9.77. The summed E-state index contributed by atoms with van der Waals surface area (Å²) in [5.74, 6) is 0.0725. The van der Waals surface area contributed by atoms with E-state index in [9.17, 15) is 14.8 Å². The summed E-state index contributed by atoms with van der Waals surface area (Å²) in [7, 11) is -1.64. The third-order valence-corrected chi connectivity index (χ3v) is 4.66. The Kier molecular flexibility index (Phi) is 9.10. The number of anilines is 1. The van der Waals surface area contributed by atoms with Crippen molar-refractivity contribution in [1.82, 2.24) is 4.98 Å². The molecule has 156 valence electrons. The van der Waals surface area contributed by atoms with Crippen LogP contribution < -0.4 is 15.6 Å². The molecule has 0 atom stereocenters.